The number of carbonyl (C=O) groups excluding carboxylic acids is 1. The highest BCUT2D eigenvalue weighted by molar-refractivity contribution is 5.87. The molecule has 1 N–H and O–H groups in total. The SMILES string of the molecule is CC(C(=O)O)N(C)C(=O)[C@@H](C)c1ccccc1. The topological polar surface area (TPSA) is 57.6 Å². The number of carboxylic acids is 1. The van der Waals surface area contributed by atoms with Gasteiger partial charge in [-0.15, -0.1) is 0 Å². The molecule has 2 atom stereocenters. The summed E-state index contributed by atoms with van der Waals surface area (Å²) in [6, 6.07) is 8.52. The zero-order valence-corrected chi connectivity index (χ0v) is 10.3. The minimum atomic E-state index is -0.999. The molecule has 1 rings (SSSR count). The van der Waals surface area contributed by atoms with Crippen LogP contribution in [0.15, 0.2) is 30.3 Å². The molecule has 0 aliphatic carbocycles. The first kappa shape index (κ1) is 13.2. The predicted octanol–water partition coefficient (Wildman–Crippen LogP) is 1.72. The van der Waals surface area contributed by atoms with Crippen LogP contribution in [0, 0.1) is 0 Å². The molecule has 0 saturated carbocycles. The van der Waals surface area contributed by atoms with E-state index < -0.39 is 12.0 Å². The molecule has 0 bridgehead atoms. The number of nitrogens with zero attached hydrogens (tertiary/aromatic N) is 1. The van der Waals surface area contributed by atoms with E-state index in [1.54, 1.807) is 6.92 Å². The van der Waals surface area contributed by atoms with Gasteiger partial charge in [-0.25, -0.2) is 4.79 Å². The van der Waals surface area contributed by atoms with Crippen LogP contribution in [0.25, 0.3) is 0 Å². The molecule has 0 heterocycles. The lowest BCUT2D eigenvalue weighted by atomic mass is 9.99. The summed E-state index contributed by atoms with van der Waals surface area (Å²) >= 11 is 0. The van der Waals surface area contributed by atoms with E-state index >= 15 is 0 Å². The first-order valence-corrected chi connectivity index (χ1v) is 5.49. The van der Waals surface area contributed by atoms with Crippen molar-refractivity contribution in [2.45, 2.75) is 25.8 Å². The fourth-order valence-electron chi connectivity index (χ4n) is 1.55. The van der Waals surface area contributed by atoms with Crippen molar-refractivity contribution in [2.75, 3.05) is 7.05 Å². The Morgan fingerprint density at radius 1 is 1.18 bits per heavy atom. The highest BCUT2D eigenvalue weighted by atomic mass is 16.4. The van der Waals surface area contributed by atoms with E-state index in [-0.39, 0.29) is 11.8 Å². The molecule has 92 valence electrons. The maximum atomic E-state index is 12.1. The van der Waals surface area contributed by atoms with Crippen LogP contribution in [-0.2, 0) is 9.59 Å². The molecule has 0 aliphatic rings. The number of carbonyl (C=O) groups is 2. The summed E-state index contributed by atoms with van der Waals surface area (Å²) in [4.78, 5) is 24.1. The van der Waals surface area contributed by atoms with E-state index in [1.807, 2.05) is 30.3 Å². The van der Waals surface area contributed by atoms with Gasteiger partial charge in [0.05, 0.1) is 5.92 Å². The average molecular weight is 235 g/mol. The summed E-state index contributed by atoms with van der Waals surface area (Å²) in [6.45, 7) is 3.28. The molecule has 0 aromatic heterocycles. The van der Waals surface area contributed by atoms with Crippen molar-refractivity contribution in [1.82, 2.24) is 4.90 Å². The van der Waals surface area contributed by atoms with Gasteiger partial charge >= 0.3 is 5.97 Å². The van der Waals surface area contributed by atoms with Gasteiger partial charge in [0, 0.05) is 7.05 Å². The maximum absolute atomic E-state index is 12.1. The Hall–Kier alpha value is -1.84. The number of hydrogen-bond acceptors (Lipinski definition) is 2. The molecule has 1 aromatic rings. The summed E-state index contributed by atoms with van der Waals surface area (Å²) < 4.78 is 0. The third-order valence-corrected chi connectivity index (χ3v) is 2.96. The second-order valence-corrected chi connectivity index (χ2v) is 4.10. The van der Waals surface area contributed by atoms with Gasteiger partial charge in [0.25, 0.3) is 0 Å². The van der Waals surface area contributed by atoms with Crippen molar-refractivity contribution in [3.63, 3.8) is 0 Å². The van der Waals surface area contributed by atoms with Crippen LogP contribution >= 0.6 is 0 Å². The van der Waals surface area contributed by atoms with E-state index in [9.17, 15) is 9.59 Å². The lowest BCUT2D eigenvalue weighted by Crippen LogP contribution is -2.42. The second-order valence-electron chi connectivity index (χ2n) is 4.10. The zero-order chi connectivity index (χ0) is 13.0. The molecule has 0 spiro atoms. The van der Waals surface area contributed by atoms with E-state index in [1.165, 1.54) is 18.9 Å². The van der Waals surface area contributed by atoms with E-state index in [4.69, 9.17) is 5.11 Å². The van der Waals surface area contributed by atoms with Crippen molar-refractivity contribution in [3.8, 4) is 0 Å². The molecule has 0 fully saturated rings. The molecule has 1 unspecified atom stereocenters. The molecular weight excluding hydrogens is 218 g/mol. The third-order valence-electron chi connectivity index (χ3n) is 2.96. The van der Waals surface area contributed by atoms with Gasteiger partial charge in [-0.3, -0.25) is 4.79 Å². The minimum absolute atomic E-state index is 0.189. The Labute approximate surface area is 101 Å². The van der Waals surface area contributed by atoms with Crippen molar-refractivity contribution in [2.24, 2.45) is 0 Å². The Morgan fingerprint density at radius 2 is 1.71 bits per heavy atom. The van der Waals surface area contributed by atoms with Gasteiger partial charge in [0.15, 0.2) is 0 Å². The van der Waals surface area contributed by atoms with Crippen molar-refractivity contribution in [3.05, 3.63) is 35.9 Å². The number of benzene rings is 1. The summed E-state index contributed by atoms with van der Waals surface area (Å²) in [5.41, 5.74) is 0.891. The van der Waals surface area contributed by atoms with Crippen molar-refractivity contribution < 1.29 is 14.7 Å². The molecule has 4 nitrogen and oxygen atoms in total. The van der Waals surface area contributed by atoms with E-state index in [0.29, 0.717) is 0 Å². The predicted molar refractivity (Wildman–Crippen MR) is 64.7 cm³/mol. The summed E-state index contributed by atoms with van der Waals surface area (Å²) in [6.07, 6.45) is 0. The van der Waals surface area contributed by atoms with Crippen LogP contribution in [0.1, 0.15) is 25.3 Å². The number of rotatable bonds is 4. The van der Waals surface area contributed by atoms with Gasteiger partial charge < -0.3 is 10.0 Å². The normalized spacial score (nSPS) is 13.8. The van der Waals surface area contributed by atoms with Crippen LogP contribution < -0.4 is 0 Å². The molecular formula is C13H17NO3. The monoisotopic (exact) mass is 235 g/mol. The van der Waals surface area contributed by atoms with Gasteiger partial charge in [-0.2, -0.15) is 0 Å². The number of aliphatic carboxylic acids is 1. The largest absolute Gasteiger partial charge is 0.480 e. The molecule has 4 heteroatoms. The highest BCUT2D eigenvalue weighted by Gasteiger charge is 2.26. The number of hydrogen-bond donors (Lipinski definition) is 1. The van der Waals surface area contributed by atoms with Gasteiger partial charge in [0.2, 0.25) is 5.91 Å². The summed E-state index contributed by atoms with van der Waals surface area (Å²) in [5.74, 6) is -1.52. The van der Waals surface area contributed by atoms with Crippen LogP contribution in [-0.4, -0.2) is 35.0 Å². The fourth-order valence-corrected chi connectivity index (χ4v) is 1.55. The second kappa shape index (κ2) is 5.48. The maximum Gasteiger partial charge on any atom is 0.326 e. The molecule has 0 aliphatic heterocycles. The zero-order valence-electron chi connectivity index (χ0n) is 10.3. The quantitative estimate of drug-likeness (QED) is 0.864. The Balaban J connectivity index is 2.80. The number of likely N-dealkylation sites (N-methyl/N-ethyl adjacent to an activating group) is 1. The molecule has 0 radical (unpaired) electrons. The molecule has 1 amide bonds. The summed E-state index contributed by atoms with van der Waals surface area (Å²) in [7, 11) is 1.51. The summed E-state index contributed by atoms with van der Waals surface area (Å²) in [5, 5.41) is 8.86. The third kappa shape index (κ3) is 3.06. The number of amides is 1. The average Bonchev–Trinajstić information content (AvgIpc) is 2.36. The van der Waals surface area contributed by atoms with Gasteiger partial charge in [-0.1, -0.05) is 30.3 Å². The van der Waals surface area contributed by atoms with Crippen molar-refractivity contribution >= 4 is 11.9 Å². The fraction of sp³-hybridized carbons (Fsp3) is 0.385. The first-order chi connectivity index (χ1) is 7.95. The van der Waals surface area contributed by atoms with Gasteiger partial charge in [-0.05, 0) is 19.4 Å². The van der Waals surface area contributed by atoms with Crippen LogP contribution in [0.3, 0.4) is 0 Å². The Kier molecular flexibility index (Phi) is 4.26. The molecule has 17 heavy (non-hydrogen) atoms. The first-order valence-electron chi connectivity index (χ1n) is 5.49. The highest BCUT2D eigenvalue weighted by Crippen LogP contribution is 2.18. The van der Waals surface area contributed by atoms with Crippen LogP contribution in [0.5, 0.6) is 0 Å². The molecule has 0 saturated heterocycles. The smallest absolute Gasteiger partial charge is 0.326 e. The number of carboxylic acid groups (broad SMARTS) is 1. The lowest BCUT2D eigenvalue weighted by molar-refractivity contribution is -0.148. The standard InChI is InChI=1S/C13H17NO3/c1-9(11-7-5-4-6-8-11)12(15)14(3)10(2)13(16)17/h4-10H,1-3H3,(H,16,17)/t9-,10?/m0/s1. The lowest BCUT2D eigenvalue weighted by Gasteiger charge is -2.25. The van der Waals surface area contributed by atoms with Crippen LogP contribution in [0.4, 0.5) is 0 Å². The van der Waals surface area contributed by atoms with E-state index in [2.05, 4.69) is 0 Å². The van der Waals surface area contributed by atoms with Gasteiger partial charge in [0.1, 0.15) is 6.04 Å². The van der Waals surface area contributed by atoms with Crippen molar-refractivity contribution in [1.29, 1.82) is 0 Å². The Bertz CT molecular complexity index is 402. The minimum Gasteiger partial charge on any atom is -0.480 e. The molecule has 1 aromatic carbocycles. The van der Waals surface area contributed by atoms with Crippen LogP contribution in [0.2, 0.25) is 0 Å². The van der Waals surface area contributed by atoms with E-state index in [0.717, 1.165) is 5.56 Å². The Morgan fingerprint density at radius 3 is 2.18 bits per heavy atom.